The van der Waals surface area contributed by atoms with Crippen LogP contribution in [0.4, 0.5) is 9.59 Å². The zero-order valence-corrected chi connectivity index (χ0v) is 18.9. The first-order chi connectivity index (χ1) is 13.0. The normalized spacial score (nSPS) is 26.1. The number of unbranched alkanes of at least 4 members (excludes halogenated alkanes) is 2. The number of carbonyl (C=O) groups is 2. The molecule has 1 rings (SSSR count). The average Bonchev–Trinajstić information content (AvgIpc) is 2.56. The Bertz CT molecular complexity index is 523. The van der Waals surface area contributed by atoms with Crippen LogP contribution in [0.5, 0.6) is 0 Å². The first-order valence-electron chi connectivity index (χ1n) is 10.8. The van der Waals surface area contributed by atoms with Crippen molar-refractivity contribution in [1.29, 1.82) is 0 Å². The SMILES string of the molecule is CCCCOC(=O)NCC1(C)CC(C(C)(CCCC)OC(N)=O)CC(C)(C)C1. The lowest BCUT2D eigenvalue weighted by Gasteiger charge is -2.51. The molecule has 0 radical (unpaired) electrons. The van der Waals surface area contributed by atoms with Gasteiger partial charge in [0.15, 0.2) is 0 Å². The van der Waals surface area contributed by atoms with E-state index in [9.17, 15) is 9.59 Å². The van der Waals surface area contributed by atoms with Gasteiger partial charge in [-0.2, -0.15) is 0 Å². The second kappa shape index (κ2) is 10.4. The summed E-state index contributed by atoms with van der Waals surface area (Å²) in [6, 6.07) is 0. The average molecular weight is 399 g/mol. The molecular formula is C22H42N2O4. The second-order valence-electron chi connectivity index (χ2n) is 9.94. The summed E-state index contributed by atoms with van der Waals surface area (Å²) >= 11 is 0. The fourth-order valence-corrected chi connectivity index (χ4v) is 4.94. The molecule has 0 aliphatic heterocycles. The van der Waals surface area contributed by atoms with Crippen molar-refractivity contribution in [2.24, 2.45) is 22.5 Å². The van der Waals surface area contributed by atoms with Crippen molar-refractivity contribution in [3.63, 3.8) is 0 Å². The molecular weight excluding hydrogens is 356 g/mol. The van der Waals surface area contributed by atoms with Crippen molar-refractivity contribution < 1.29 is 19.1 Å². The van der Waals surface area contributed by atoms with E-state index in [1.54, 1.807) is 0 Å². The number of ether oxygens (including phenoxy) is 2. The van der Waals surface area contributed by atoms with Gasteiger partial charge in [-0.3, -0.25) is 0 Å². The molecule has 3 atom stereocenters. The Labute approximate surface area is 171 Å². The minimum Gasteiger partial charge on any atom is -0.450 e. The molecule has 0 heterocycles. The van der Waals surface area contributed by atoms with Crippen molar-refractivity contribution in [2.75, 3.05) is 13.2 Å². The molecule has 0 aromatic heterocycles. The van der Waals surface area contributed by atoms with Gasteiger partial charge in [-0.05, 0) is 62.2 Å². The van der Waals surface area contributed by atoms with E-state index in [-0.39, 0.29) is 22.8 Å². The van der Waals surface area contributed by atoms with Crippen LogP contribution in [0.25, 0.3) is 0 Å². The highest BCUT2D eigenvalue weighted by Gasteiger charge is 2.49. The fraction of sp³-hybridized carbons (Fsp3) is 0.909. The molecule has 0 saturated heterocycles. The standard InChI is InChI=1S/C22H42N2O4/c1-7-9-11-22(6,28-18(23)25)17-13-20(3,4)15-21(5,14-17)16-24-19(26)27-12-10-8-2/h17H,7-16H2,1-6H3,(H2,23,25)(H,24,26). The summed E-state index contributed by atoms with van der Waals surface area (Å²) in [4.78, 5) is 23.6. The van der Waals surface area contributed by atoms with Crippen LogP contribution < -0.4 is 11.1 Å². The maximum absolute atomic E-state index is 12.0. The minimum absolute atomic E-state index is 0.0833. The van der Waals surface area contributed by atoms with Crippen LogP contribution in [0.1, 0.15) is 92.9 Å². The lowest BCUT2D eigenvalue weighted by molar-refractivity contribution is -0.0809. The number of amides is 2. The predicted octanol–water partition coefficient (Wildman–Crippen LogP) is 5.39. The predicted molar refractivity (Wildman–Crippen MR) is 112 cm³/mol. The summed E-state index contributed by atoms with van der Waals surface area (Å²) < 4.78 is 10.9. The molecule has 0 aromatic rings. The van der Waals surface area contributed by atoms with Gasteiger partial charge in [-0.1, -0.05) is 47.5 Å². The summed E-state index contributed by atoms with van der Waals surface area (Å²) in [5.74, 6) is 0.193. The van der Waals surface area contributed by atoms with E-state index >= 15 is 0 Å². The van der Waals surface area contributed by atoms with Gasteiger partial charge in [0.1, 0.15) is 5.60 Å². The highest BCUT2D eigenvalue weighted by atomic mass is 16.6. The van der Waals surface area contributed by atoms with E-state index in [0.717, 1.165) is 51.4 Å². The molecule has 1 saturated carbocycles. The van der Waals surface area contributed by atoms with Crippen molar-refractivity contribution in [2.45, 2.75) is 98.5 Å². The van der Waals surface area contributed by atoms with Gasteiger partial charge in [0.2, 0.25) is 0 Å². The summed E-state index contributed by atoms with van der Waals surface area (Å²) in [6.45, 7) is 13.9. The lowest BCUT2D eigenvalue weighted by atomic mass is 9.57. The van der Waals surface area contributed by atoms with Gasteiger partial charge in [-0.25, -0.2) is 9.59 Å². The van der Waals surface area contributed by atoms with Crippen molar-refractivity contribution in [3.8, 4) is 0 Å². The smallest absolute Gasteiger partial charge is 0.407 e. The number of carbonyl (C=O) groups excluding carboxylic acids is 2. The summed E-state index contributed by atoms with van der Waals surface area (Å²) in [6.07, 6.45) is 6.48. The van der Waals surface area contributed by atoms with E-state index in [1.165, 1.54) is 0 Å². The summed E-state index contributed by atoms with van der Waals surface area (Å²) in [5.41, 5.74) is 4.82. The van der Waals surface area contributed by atoms with Crippen molar-refractivity contribution >= 4 is 12.2 Å². The number of rotatable bonds is 10. The van der Waals surface area contributed by atoms with Crippen molar-refractivity contribution in [1.82, 2.24) is 5.32 Å². The van der Waals surface area contributed by atoms with E-state index in [1.807, 2.05) is 6.92 Å². The third kappa shape index (κ3) is 7.88. The highest BCUT2D eigenvalue weighted by molar-refractivity contribution is 5.67. The first-order valence-corrected chi connectivity index (χ1v) is 10.8. The van der Waals surface area contributed by atoms with Crippen LogP contribution >= 0.6 is 0 Å². The van der Waals surface area contributed by atoms with E-state index in [0.29, 0.717) is 13.2 Å². The molecule has 164 valence electrons. The number of nitrogens with one attached hydrogen (secondary N) is 1. The Morgan fingerprint density at radius 2 is 1.79 bits per heavy atom. The van der Waals surface area contributed by atoms with Gasteiger partial charge in [0.05, 0.1) is 6.61 Å². The Kier molecular flexibility index (Phi) is 9.09. The molecule has 0 spiro atoms. The number of hydrogen-bond acceptors (Lipinski definition) is 4. The number of nitrogens with two attached hydrogens (primary N) is 1. The minimum atomic E-state index is -0.707. The Balaban J connectivity index is 2.88. The van der Waals surface area contributed by atoms with E-state index in [2.05, 4.69) is 39.9 Å². The molecule has 0 bridgehead atoms. The topological polar surface area (TPSA) is 90.7 Å². The quantitative estimate of drug-likeness (QED) is 0.483. The van der Waals surface area contributed by atoms with Crippen LogP contribution in [0.15, 0.2) is 0 Å². The number of primary amides is 1. The largest absolute Gasteiger partial charge is 0.450 e. The molecule has 1 aliphatic carbocycles. The molecule has 1 fully saturated rings. The summed E-state index contributed by atoms with van der Waals surface area (Å²) in [7, 11) is 0. The molecule has 28 heavy (non-hydrogen) atoms. The van der Waals surface area contributed by atoms with E-state index < -0.39 is 11.7 Å². The van der Waals surface area contributed by atoms with Crippen LogP contribution in [0.3, 0.4) is 0 Å². The molecule has 3 unspecified atom stereocenters. The maximum Gasteiger partial charge on any atom is 0.407 e. The highest BCUT2D eigenvalue weighted by Crippen LogP contribution is 2.52. The van der Waals surface area contributed by atoms with Gasteiger partial charge in [0, 0.05) is 6.54 Å². The van der Waals surface area contributed by atoms with Gasteiger partial charge in [-0.15, -0.1) is 0 Å². The zero-order valence-electron chi connectivity index (χ0n) is 18.9. The lowest BCUT2D eigenvalue weighted by Crippen LogP contribution is -2.51. The molecule has 1 aliphatic rings. The maximum atomic E-state index is 12.0. The molecule has 6 nitrogen and oxygen atoms in total. The Hall–Kier alpha value is -1.46. The Morgan fingerprint density at radius 1 is 1.14 bits per heavy atom. The van der Waals surface area contributed by atoms with Crippen LogP contribution in [0.2, 0.25) is 0 Å². The fourth-order valence-electron chi connectivity index (χ4n) is 4.94. The van der Waals surface area contributed by atoms with Crippen molar-refractivity contribution in [3.05, 3.63) is 0 Å². The van der Waals surface area contributed by atoms with Gasteiger partial charge < -0.3 is 20.5 Å². The first kappa shape index (κ1) is 24.6. The Morgan fingerprint density at radius 3 is 2.36 bits per heavy atom. The van der Waals surface area contributed by atoms with Crippen LogP contribution in [-0.4, -0.2) is 30.9 Å². The van der Waals surface area contributed by atoms with Crippen LogP contribution in [0, 0.1) is 16.7 Å². The molecule has 3 N–H and O–H groups in total. The molecule has 2 amide bonds. The third-order valence-corrected chi connectivity index (χ3v) is 6.06. The monoisotopic (exact) mass is 398 g/mol. The second-order valence-corrected chi connectivity index (χ2v) is 9.94. The van der Waals surface area contributed by atoms with Gasteiger partial charge in [0.25, 0.3) is 0 Å². The third-order valence-electron chi connectivity index (χ3n) is 6.06. The number of alkyl carbamates (subject to hydrolysis) is 1. The molecule has 0 aromatic carbocycles. The summed E-state index contributed by atoms with van der Waals surface area (Å²) in [5, 5.41) is 2.95. The van der Waals surface area contributed by atoms with Gasteiger partial charge >= 0.3 is 12.2 Å². The zero-order chi connectivity index (χ0) is 21.4. The molecule has 6 heteroatoms. The van der Waals surface area contributed by atoms with Crippen LogP contribution in [-0.2, 0) is 9.47 Å². The number of hydrogen-bond donors (Lipinski definition) is 2. The van der Waals surface area contributed by atoms with E-state index in [4.69, 9.17) is 15.2 Å².